The summed E-state index contributed by atoms with van der Waals surface area (Å²) in [4.78, 5) is 17.3. The summed E-state index contributed by atoms with van der Waals surface area (Å²) in [7, 11) is 0. The monoisotopic (exact) mass is 253 g/mol. The lowest BCUT2D eigenvalue weighted by Gasteiger charge is -2.12. The summed E-state index contributed by atoms with van der Waals surface area (Å²) in [6.45, 7) is 0.658. The number of nitrogens with zero attached hydrogens (tertiary/aromatic N) is 2. The number of rotatable bonds is 3. The lowest BCUT2D eigenvalue weighted by molar-refractivity contribution is 0.253. The lowest BCUT2D eigenvalue weighted by atomic mass is 10.3. The van der Waals surface area contributed by atoms with Crippen LogP contribution in [0.25, 0.3) is 0 Å². The van der Waals surface area contributed by atoms with Crippen LogP contribution in [0.15, 0.2) is 29.3 Å². The molecule has 17 heavy (non-hydrogen) atoms. The van der Waals surface area contributed by atoms with Crippen LogP contribution in [-0.4, -0.2) is 36.7 Å². The van der Waals surface area contributed by atoms with Crippen molar-refractivity contribution in [2.75, 3.05) is 24.6 Å². The minimum absolute atomic E-state index is 0.0275. The summed E-state index contributed by atoms with van der Waals surface area (Å²) < 4.78 is 0. The lowest BCUT2D eigenvalue weighted by Crippen LogP contribution is -2.27. The molecule has 0 atom stereocenters. The Morgan fingerprint density at radius 3 is 2.76 bits per heavy atom. The van der Waals surface area contributed by atoms with Crippen molar-refractivity contribution in [1.82, 2.24) is 5.32 Å². The fourth-order valence-electron chi connectivity index (χ4n) is 1.56. The van der Waals surface area contributed by atoms with Crippen LogP contribution in [0.3, 0.4) is 0 Å². The first-order valence-corrected chi connectivity index (χ1v) is 5.57. The molecule has 1 fully saturated rings. The number of carbonyl (C=O) groups excluding carboxylic acids is 1. The summed E-state index contributed by atoms with van der Waals surface area (Å²) in [5, 5.41) is 11.9. The molecule has 6 heteroatoms. The molecule has 0 unspecified atom stereocenters. The van der Waals surface area contributed by atoms with E-state index in [2.05, 4.69) is 10.3 Å². The molecule has 1 aliphatic rings. The van der Waals surface area contributed by atoms with Gasteiger partial charge in [-0.25, -0.2) is 4.79 Å². The molecule has 1 heterocycles. The molecule has 1 saturated heterocycles. The Bertz CT molecular complexity index is 445. The minimum Gasteiger partial charge on any atom is -0.394 e. The number of nitrogens with one attached hydrogen (secondary N) is 1. The highest BCUT2D eigenvalue weighted by Crippen LogP contribution is 2.19. The van der Waals surface area contributed by atoms with Gasteiger partial charge in [-0.2, -0.15) is 0 Å². The van der Waals surface area contributed by atoms with E-state index in [1.54, 1.807) is 29.2 Å². The van der Waals surface area contributed by atoms with Crippen LogP contribution in [0.2, 0.25) is 5.02 Å². The van der Waals surface area contributed by atoms with Crippen molar-refractivity contribution in [2.45, 2.75) is 0 Å². The number of benzene rings is 1. The molecular weight excluding hydrogens is 242 g/mol. The van der Waals surface area contributed by atoms with E-state index in [1.165, 1.54) is 0 Å². The molecule has 2 rings (SSSR count). The number of aliphatic hydroxyl groups is 1. The zero-order valence-electron chi connectivity index (χ0n) is 9.06. The standard InChI is InChI=1S/C11H12ClN3O2/c12-8-1-3-9(4-2-8)15-7-10(13-5-6-16)14-11(15)17/h1-4,16H,5-7H2,(H,13,14,17). The SMILES string of the molecule is O=C1NC(=NCCO)CN1c1ccc(Cl)cc1. The highest BCUT2D eigenvalue weighted by atomic mass is 35.5. The van der Waals surface area contributed by atoms with E-state index in [9.17, 15) is 4.79 Å². The van der Waals surface area contributed by atoms with E-state index >= 15 is 0 Å². The van der Waals surface area contributed by atoms with Crippen LogP contribution in [0.4, 0.5) is 10.5 Å². The van der Waals surface area contributed by atoms with Crippen molar-refractivity contribution in [3.63, 3.8) is 0 Å². The number of aliphatic hydroxyl groups excluding tert-OH is 1. The van der Waals surface area contributed by atoms with Crippen LogP contribution in [0, 0.1) is 0 Å². The molecule has 5 nitrogen and oxygen atoms in total. The Morgan fingerprint density at radius 2 is 2.12 bits per heavy atom. The molecule has 90 valence electrons. The van der Waals surface area contributed by atoms with Gasteiger partial charge in [-0.15, -0.1) is 0 Å². The van der Waals surface area contributed by atoms with Gasteiger partial charge in [-0.1, -0.05) is 11.6 Å². The molecule has 0 saturated carbocycles. The Balaban J connectivity index is 2.13. The summed E-state index contributed by atoms with van der Waals surface area (Å²) in [5.74, 6) is 0.569. The Labute approximate surface area is 104 Å². The Hall–Kier alpha value is -1.59. The highest BCUT2D eigenvalue weighted by Gasteiger charge is 2.26. The summed E-state index contributed by atoms with van der Waals surface area (Å²) in [6.07, 6.45) is 0. The topological polar surface area (TPSA) is 64.9 Å². The second-order valence-electron chi connectivity index (χ2n) is 3.54. The van der Waals surface area contributed by atoms with Gasteiger partial charge in [0, 0.05) is 10.7 Å². The van der Waals surface area contributed by atoms with Crippen molar-refractivity contribution in [1.29, 1.82) is 0 Å². The van der Waals surface area contributed by atoms with Crippen LogP contribution in [0.5, 0.6) is 0 Å². The third kappa shape index (κ3) is 2.75. The average molecular weight is 254 g/mol. The molecule has 0 bridgehead atoms. The van der Waals surface area contributed by atoms with Crippen molar-refractivity contribution in [2.24, 2.45) is 4.99 Å². The molecule has 1 aliphatic heterocycles. The van der Waals surface area contributed by atoms with Gasteiger partial charge in [0.2, 0.25) is 0 Å². The van der Waals surface area contributed by atoms with Gasteiger partial charge in [-0.3, -0.25) is 15.2 Å². The number of halogens is 1. The highest BCUT2D eigenvalue weighted by molar-refractivity contribution is 6.30. The van der Waals surface area contributed by atoms with Gasteiger partial charge < -0.3 is 5.11 Å². The van der Waals surface area contributed by atoms with Crippen molar-refractivity contribution in [3.8, 4) is 0 Å². The molecule has 0 spiro atoms. The quantitative estimate of drug-likeness (QED) is 0.852. The number of carbonyl (C=O) groups is 1. The predicted octanol–water partition coefficient (Wildman–Crippen LogP) is 1.26. The van der Waals surface area contributed by atoms with Gasteiger partial charge in [0.05, 0.1) is 19.7 Å². The normalized spacial score (nSPS) is 17.6. The number of amidine groups is 1. The molecule has 2 N–H and O–H groups in total. The maximum Gasteiger partial charge on any atom is 0.327 e. The van der Waals surface area contributed by atoms with E-state index in [0.29, 0.717) is 23.9 Å². The van der Waals surface area contributed by atoms with Crippen LogP contribution in [-0.2, 0) is 0 Å². The van der Waals surface area contributed by atoms with E-state index in [-0.39, 0.29) is 12.6 Å². The number of anilines is 1. The number of hydrogen-bond acceptors (Lipinski definition) is 3. The van der Waals surface area contributed by atoms with Crippen molar-refractivity contribution >= 4 is 29.2 Å². The maximum atomic E-state index is 11.7. The van der Waals surface area contributed by atoms with Gasteiger partial charge in [0.1, 0.15) is 5.84 Å². The van der Waals surface area contributed by atoms with E-state index in [1.807, 2.05) is 0 Å². The summed E-state index contributed by atoms with van der Waals surface area (Å²) >= 11 is 5.78. The van der Waals surface area contributed by atoms with E-state index in [4.69, 9.17) is 16.7 Å². The van der Waals surface area contributed by atoms with Crippen molar-refractivity contribution in [3.05, 3.63) is 29.3 Å². The largest absolute Gasteiger partial charge is 0.394 e. The van der Waals surface area contributed by atoms with Crippen LogP contribution in [0.1, 0.15) is 0 Å². The number of amides is 2. The second kappa shape index (κ2) is 5.16. The zero-order chi connectivity index (χ0) is 12.3. The minimum atomic E-state index is -0.219. The summed E-state index contributed by atoms with van der Waals surface area (Å²) in [6, 6.07) is 6.79. The first-order chi connectivity index (χ1) is 8.20. The van der Waals surface area contributed by atoms with E-state index < -0.39 is 0 Å². The molecule has 0 radical (unpaired) electrons. The molecule has 1 aromatic carbocycles. The number of hydrogen-bond donors (Lipinski definition) is 2. The predicted molar refractivity (Wildman–Crippen MR) is 66.7 cm³/mol. The smallest absolute Gasteiger partial charge is 0.327 e. The molecular formula is C11H12ClN3O2. The van der Waals surface area contributed by atoms with Gasteiger partial charge in [0.15, 0.2) is 0 Å². The first kappa shape index (κ1) is 11.9. The Morgan fingerprint density at radius 1 is 1.41 bits per heavy atom. The van der Waals surface area contributed by atoms with Gasteiger partial charge in [-0.05, 0) is 24.3 Å². The number of urea groups is 1. The first-order valence-electron chi connectivity index (χ1n) is 5.19. The van der Waals surface area contributed by atoms with Crippen molar-refractivity contribution < 1.29 is 9.90 Å². The molecule has 0 aromatic heterocycles. The third-order valence-electron chi connectivity index (χ3n) is 2.35. The van der Waals surface area contributed by atoms with Crippen LogP contribution >= 0.6 is 11.6 Å². The van der Waals surface area contributed by atoms with Gasteiger partial charge >= 0.3 is 6.03 Å². The molecule has 2 amide bonds. The maximum absolute atomic E-state index is 11.7. The van der Waals surface area contributed by atoms with E-state index in [0.717, 1.165) is 5.69 Å². The molecule has 1 aromatic rings. The summed E-state index contributed by atoms with van der Waals surface area (Å²) in [5.41, 5.74) is 0.765. The third-order valence-corrected chi connectivity index (χ3v) is 2.60. The zero-order valence-corrected chi connectivity index (χ0v) is 9.81. The second-order valence-corrected chi connectivity index (χ2v) is 3.98. The Kier molecular flexibility index (Phi) is 3.61. The average Bonchev–Trinajstić information content (AvgIpc) is 2.69. The fraction of sp³-hybridized carbons (Fsp3) is 0.273. The van der Waals surface area contributed by atoms with Crippen LogP contribution < -0.4 is 10.2 Å². The molecule has 0 aliphatic carbocycles. The van der Waals surface area contributed by atoms with Gasteiger partial charge in [0.25, 0.3) is 0 Å². The fourth-order valence-corrected chi connectivity index (χ4v) is 1.68. The number of aliphatic imine (C=N–C) groups is 1.